The molecule has 2 aromatic carbocycles. The molecule has 1 aromatic heterocycles. The number of amides is 3. The Kier molecular flexibility index (Phi) is 5.89. The van der Waals surface area contributed by atoms with Gasteiger partial charge in [-0.15, -0.1) is 0 Å². The average molecular weight is 437 g/mol. The summed E-state index contributed by atoms with van der Waals surface area (Å²) in [6, 6.07) is 10.5. The fraction of sp³-hybridized carbons (Fsp3) is 0.304. The Balaban J connectivity index is 1.43. The van der Waals surface area contributed by atoms with Gasteiger partial charge in [0.05, 0.1) is 11.0 Å². The highest BCUT2D eigenvalue weighted by molar-refractivity contribution is 5.97. The normalized spacial score (nSPS) is 14.0. The van der Waals surface area contributed by atoms with Gasteiger partial charge in [0, 0.05) is 44.0 Å². The number of fused-ring (bicyclic) bond motifs is 1. The van der Waals surface area contributed by atoms with Gasteiger partial charge in [-0.05, 0) is 56.3 Å². The van der Waals surface area contributed by atoms with E-state index in [9.17, 15) is 18.8 Å². The fourth-order valence-electron chi connectivity index (χ4n) is 3.85. The Morgan fingerprint density at radius 1 is 1.03 bits per heavy atom. The third kappa shape index (κ3) is 4.18. The van der Waals surface area contributed by atoms with Crippen molar-refractivity contribution in [1.82, 2.24) is 19.4 Å². The molecular weight excluding hydrogens is 413 g/mol. The van der Waals surface area contributed by atoms with Crippen LogP contribution in [0, 0.1) is 12.7 Å². The second-order valence-electron chi connectivity index (χ2n) is 7.67. The predicted octanol–water partition coefficient (Wildman–Crippen LogP) is 2.85. The molecule has 1 fully saturated rings. The third-order valence-electron chi connectivity index (χ3n) is 5.62. The number of urea groups is 1. The Hall–Kier alpha value is -3.75. The molecular formula is C23H24FN5O3. The summed E-state index contributed by atoms with van der Waals surface area (Å²) < 4.78 is 14.7. The monoisotopic (exact) mass is 437 g/mol. The van der Waals surface area contributed by atoms with E-state index in [0.717, 1.165) is 0 Å². The number of nitrogens with zero attached hydrogens (tertiary/aromatic N) is 4. The van der Waals surface area contributed by atoms with E-state index < -0.39 is 0 Å². The van der Waals surface area contributed by atoms with E-state index >= 15 is 0 Å². The van der Waals surface area contributed by atoms with E-state index in [1.54, 1.807) is 39.5 Å². The van der Waals surface area contributed by atoms with Crippen LogP contribution in [0.1, 0.15) is 23.0 Å². The van der Waals surface area contributed by atoms with Crippen LogP contribution in [0.4, 0.5) is 14.9 Å². The van der Waals surface area contributed by atoms with Crippen LogP contribution in [0.2, 0.25) is 0 Å². The first-order valence-corrected chi connectivity index (χ1v) is 10.5. The van der Waals surface area contributed by atoms with Crippen molar-refractivity contribution in [1.29, 1.82) is 0 Å². The molecule has 32 heavy (non-hydrogen) atoms. The van der Waals surface area contributed by atoms with Crippen molar-refractivity contribution >= 4 is 28.7 Å². The van der Waals surface area contributed by atoms with Gasteiger partial charge in [0.2, 0.25) is 0 Å². The van der Waals surface area contributed by atoms with Crippen LogP contribution >= 0.6 is 0 Å². The lowest BCUT2D eigenvalue weighted by atomic mass is 10.1. The number of hydrogen-bond acceptors (Lipinski definition) is 4. The van der Waals surface area contributed by atoms with Crippen LogP contribution in [-0.2, 0) is 6.54 Å². The van der Waals surface area contributed by atoms with E-state index in [1.807, 2.05) is 6.92 Å². The van der Waals surface area contributed by atoms with Gasteiger partial charge in [-0.3, -0.25) is 9.59 Å². The minimum absolute atomic E-state index is 0.130. The molecule has 0 spiro atoms. The van der Waals surface area contributed by atoms with E-state index in [2.05, 4.69) is 10.3 Å². The molecule has 0 aliphatic carbocycles. The number of carbonyl (C=O) groups excluding carboxylic acids is 2. The smallest absolute Gasteiger partial charge is 0.321 e. The number of aromatic nitrogens is 2. The van der Waals surface area contributed by atoms with Crippen molar-refractivity contribution in [2.75, 3.05) is 31.5 Å². The van der Waals surface area contributed by atoms with Crippen molar-refractivity contribution < 1.29 is 14.0 Å². The number of halogens is 1. The molecule has 3 aromatic rings. The van der Waals surface area contributed by atoms with Gasteiger partial charge in [-0.1, -0.05) is 0 Å². The van der Waals surface area contributed by atoms with Crippen LogP contribution in [0.3, 0.4) is 0 Å². The van der Waals surface area contributed by atoms with E-state index in [4.69, 9.17) is 0 Å². The molecule has 9 heteroatoms. The number of piperazine rings is 1. The molecule has 0 atom stereocenters. The second-order valence-corrected chi connectivity index (χ2v) is 7.67. The molecule has 0 bridgehead atoms. The van der Waals surface area contributed by atoms with Crippen LogP contribution < -0.4 is 10.9 Å². The molecule has 1 aliphatic rings. The highest BCUT2D eigenvalue weighted by Crippen LogP contribution is 2.17. The zero-order valence-corrected chi connectivity index (χ0v) is 18.0. The van der Waals surface area contributed by atoms with Crippen molar-refractivity contribution in [3.05, 3.63) is 69.9 Å². The first kappa shape index (κ1) is 21.5. The summed E-state index contributed by atoms with van der Waals surface area (Å²) in [6.07, 6.45) is 0. The minimum Gasteiger partial charge on any atom is -0.335 e. The Morgan fingerprint density at radius 3 is 2.34 bits per heavy atom. The van der Waals surface area contributed by atoms with Gasteiger partial charge in [-0.2, -0.15) is 0 Å². The maximum absolute atomic E-state index is 13.0. The van der Waals surface area contributed by atoms with E-state index in [1.165, 1.54) is 24.3 Å². The summed E-state index contributed by atoms with van der Waals surface area (Å²) in [5, 5.41) is 2.74. The number of nitrogens with one attached hydrogen (secondary N) is 1. The zero-order valence-electron chi connectivity index (χ0n) is 18.0. The molecule has 0 unspecified atom stereocenters. The SMILES string of the molecule is CCn1c(=O)c(C)nc2cc(C(=O)N3CCN(C(=O)Nc4ccc(F)cc4)CC3)ccc21. The predicted molar refractivity (Wildman–Crippen MR) is 119 cm³/mol. The standard InChI is InChI=1S/C23H24FN5O3/c1-3-29-20-9-4-16(14-19(20)25-15(2)21(29)30)22(31)27-10-12-28(13-11-27)23(32)26-18-7-5-17(24)6-8-18/h4-9,14H,3,10-13H2,1-2H3,(H,26,32). The highest BCUT2D eigenvalue weighted by Gasteiger charge is 2.25. The quantitative estimate of drug-likeness (QED) is 0.683. The zero-order chi connectivity index (χ0) is 22.8. The lowest BCUT2D eigenvalue weighted by Gasteiger charge is -2.34. The molecule has 0 radical (unpaired) electrons. The summed E-state index contributed by atoms with van der Waals surface area (Å²) in [5.74, 6) is -0.508. The van der Waals surface area contributed by atoms with Gasteiger partial charge in [0.25, 0.3) is 11.5 Å². The first-order chi connectivity index (χ1) is 15.4. The molecule has 3 amide bonds. The molecule has 1 saturated heterocycles. The molecule has 0 saturated carbocycles. The number of benzene rings is 2. The van der Waals surface area contributed by atoms with Crippen molar-refractivity contribution in [3.63, 3.8) is 0 Å². The first-order valence-electron chi connectivity index (χ1n) is 10.5. The summed E-state index contributed by atoms with van der Waals surface area (Å²) in [4.78, 5) is 45.4. The maximum atomic E-state index is 13.0. The number of aryl methyl sites for hydroxylation is 2. The minimum atomic E-state index is -0.368. The average Bonchev–Trinajstić information content (AvgIpc) is 2.81. The van der Waals surface area contributed by atoms with Gasteiger partial charge < -0.3 is 19.7 Å². The van der Waals surface area contributed by atoms with Gasteiger partial charge in [0.1, 0.15) is 11.5 Å². The number of carbonyl (C=O) groups is 2. The van der Waals surface area contributed by atoms with Crippen molar-refractivity contribution in [2.45, 2.75) is 20.4 Å². The number of anilines is 1. The molecule has 1 N–H and O–H groups in total. The highest BCUT2D eigenvalue weighted by atomic mass is 19.1. The van der Waals surface area contributed by atoms with Crippen LogP contribution in [0.5, 0.6) is 0 Å². The van der Waals surface area contributed by atoms with E-state index in [0.29, 0.717) is 60.7 Å². The lowest BCUT2D eigenvalue weighted by Crippen LogP contribution is -2.51. The molecule has 4 rings (SSSR count). The maximum Gasteiger partial charge on any atom is 0.321 e. The lowest BCUT2D eigenvalue weighted by molar-refractivity contribution is 0.0672. The van der Waals surface area contributed by atoms with Crippen LogP contribution in [-0.4, -0.2) is 57.5 Å². The molecule has 2 heterocycles. The topological polar surface area (TPSA) is 87.5 Å². The van der Waals surface area contributed by atoms with Crippen LogP contribution in [0.25, 0.3) is 11.0 Å². The van der Waals surface area contributed by atoms with Crippen molar-refractivity contribution in [2.24, 2.45) is 0 Å². The van der Waals surface area contributed by atoms with E-state index in [-0.39, 0.29) is 23.3 Å². The summed E-state index contributed by atoms with van der Waals surface area (Å²) in [5.41, 5.74) is 2.57. The third-order valence-corrected chi connectivity index (χ3v) is 5.62. The van der Waals surface area contributed by atoms with Gasteiger partial charge in [-0.25, -0.2) is 14.2 Å². The molecule has 8 nitrogen and oxygen atoms in total. The number of hydrogen-bond donors (Lipinski definition) is 1. The van der Waals surface area contributed by atoms with Crippen molar-refractivity contribution in [3.8, 4) is 0 Å². The molecule has 1 aliphatic heterocycles. The Morgan fingerprint density at radius 2 is 1.69 bits per heavy atom. The largest absolute Gasteiger partial charge is 0.335 e. The van der Waals surface area contributed by atoms with Gasteiger partial charge in [0.15, 0.2) is 0 Å². The van der Waals surface area contributed by atoms with Gasteiger partial charge >= 0.3 is 6.03 Å². The Bertz CT molecular complexity index is 1230. The molecule has 166 valence electrons. The summed E-state index contributed by atoms with van der Waals surface area (Å²) >= 11 is 0. The fourth-order valence-corrected chi connectivity index (χ4v) is 3.85. The summed E-state index contributed by atoms with van der Waals surface area (Å²) in [7, 11) is 0. The summed E-state index contributed by atoms with van der Waals surface area (Å²) in [6.45, 7) is 5.65. The van der Waals surface area contributed by atoms with Crippen LogP contribution in [0.15, 0.2) is 47.3 Å². The second kappa shape index (κ2) is 8.78. The number of rotatable bonds is 3. The Labute approximate surface area is 184 Å².